The molecule has 2 aromatic rings. The molecule has 7 nitrogen and oxygen atoms in total. The SMILES string of the molecule is C=CCNC(=O)c1cnc2c(c1)c(=O)[nH]c(=O)n2C1CC1. The predicted octanol–water partition coefficient (Wildman–Crippen LogP) is 0.335. The van der Waals surface area contributed by atoms with E-state index in [1.54, 1.807) is 6.08 Å². The molecular weight excluding hydrogens is 272 g/mol. The van der Waals surface area contributed by atoms with Crippen LogP contribution < -0.4 is 16.6 Å². The van der Waals surface area contributed by atoms with Crippen LogP contribution in [0.4, 0.5) is 0 Å². The lowest BCUT2D eigenvalue weighted by atomic mass is 10.2. The number of fused-ring (bicyclic) bond motifs is 1. The summed E-state index contributed by atoms with van der Waals surface area (Å²) in [6, 6.07) is 1.54. The minimum absolute atomic E-state index is 0.0878. The Balaban J connectivity index is 2.14. The number of hydrogen-bond acceptors (Lipinski definition) is 4. The van der Waals surface area contributed by atoms with Crippen LogP contribution in [0.2, 0.25) is 0 Å². The topological polar surface area (TPSA) is 96.8 Å². The van der Waals surface area contributed by atoms with E-state index in [0.717, 1.165) is 12.8 Å². The average molecular weight is 286 g/mol. The van der Waals surface area contributed by atoms with E-state index in [0.29, 0.717) is 12.2 Å². The Kier molecular flexibility index (Phi) is 3.17. The predicted molar refractivity (Wildman–Crippen MR) is 77.4 cm³/mol. The quantitative estimate of drug-likeness (QED) is 0.792. The van der Waals surface area contributed by atoms with Gasteiger partial charge in [0.15, 0.2) is 0 Å². The fourth-order valence-electron chi connectivity index (χ4n) is 2.20. The molecule has 0 radical (unpaired) electrons. The monoisotopic (exact) mass is 286 g/mol. The molecule has 0 unspecified atom stereocenters. The molecule has 1 amide bonds. The fourth-order valence-corrected chi connectivity index (χ4v) is 2.20. The second-order valence-electron chi connectivity index (χ2n) is 4.95. The van der Waals surface area contributed by atoms with Gasteiger partial charge in [-0.25, -0.2) is 9.78 Å². The Morgan fingerprint density at radius 3 is 2.95 bits per heavy atom. The second-order valence-corrected chi connectivity index (χ2v) is 4.95. The molecule has 1 aliphatic rings. The van der Waals surface area contributed by atoms with Gasteiger partial charge >= 0.3 is 5.69 Å². The lowest BCUT2D eigenvalue weighted by Crippen LogP contribution is -2.31. The van der Waals surface area contributed by atoms with Crippen LogP contribution in [-0.4, -0.2) is 27.0 Å². The molecule has 1 saturated carbocycles. The molecule has 1 aliphatic carbocycles. The van der Waals surface area contributed by atoms with Gasteiger partial charge in [0.2, 0.25) is 0 Å². The van der Waals surface area contributed by atoms with Crippen LogP contribution in [0.3, 0.4) is 0 Å². The van der Waals surface area contributed by atoms with Crippen LogP contribution >= 0.6 is 0 Å². The van der Waals surface area contributed by atoms with Crippen LogP contribution in [0, 0.1) is 0 Å². The Bertz CT molecular complexity index is 845. The van der Waals surface area contributed by atoms with E-state index in [9.17, 15) is 14.4 Å². The molecule has 0 atom stereocenters. The summed E-state index contributed by atoms with van der Waals surface area (Å²) in [5.74, 6) is -0.340. The van der Waals surface area contributed by atoms with Gasteiger partial charge in [-0.2, -0.15) is 0 Å². The first kappa shape index (κ1) is 13.3. The summed E-state index contributed by atoms with van der Waals surface area (Å²) in [5.41, 5.74) is -0.383. The van der Waals surface area contributed by atoms with E-state index >= 15 is 0 Å². The summed E-state index contributed by atoms with van der Waals surface area (Å²) in [5, 5.41) is 2.86. The van der Waals surface area contributed by atoms with Gasteiger partial charge in [0, 0.05) is 18.8 Å². The van der Waals surface area contributed by atoms with E-state index in [1.165, 1.54) is 16.8 Å². The number of hydrogen-bond donors (Lipinski definition) is 2. The van der Waals surface area contributed by atoms with E-state index in [4.69, 9.17) is 0 Å². The molecule has 0 spiro atoms. The van der Waals surface area contributed by atoms with Crippen molar-refractivity contribution in [3.8, 4) is 0 Å². The van der Waals surface area contributed by atoms with Crippen molar-refractivity contribution in [3.63, 3.8) is 0 Å². The lowest BCUT2D eigenvalue weighted by Gasteiger charge is -2.08. The highest BCUT2D eigenvalue weighted by Gasteiger charge is 2.27. The van der Waals surface area contributed by atoms with Gasteiger partial charge in [0.05, 0.1) is 10.9 Å². The number of rotatable bonds is 4. The molecule has 0 bridgehead atoms. The zero-order valence-corrected chi connectivity index (χ0v) is 11.3. The van der Waals surface area contributed by atoms with Crippen molar-refractivity contribution in [1.29, 1.82) is 0 Å². The molecule has 108 valence electrons. The molecule has 2 N–H and O–H groups in total. The van der Waals surface area contributed by atoms with E-state index in [1.807, 2.05) is 0 Å². The molecular formula is C14H14N4O3. The summed E-state index contributed by atoms with van der Waals surface area (Å²) in [7, 11) is 0. The first-order valence-electron chi connectivity index (χ1n) is 6.65. The molecule has 2 aromatic heterocycles. The lowest BCUT2D eigenvalue weighted by molar-refractivity contribution is 0.0958. The first-order chi connectivity index (χ1) is 10.1. The van der Waals surface area contributed by atoms with Crippen LogP contribution in [0.1, 0.15) is 29.2 Å². The third kappa shape index (κ3) is 2.37. The number of nitrogens with zero attached hydrogens (tertiary/aromatic N) is 2. The highest BCUT2D eigenvalue weighted by atomic mass is 16.2. The van der Waals surface area contributed by atoms with Gasteiger partial charge in [0.25, 0.3) is 11.5 Å². The van der Waals surface area contributed by atoms with Gasteiger partial charge in [-0.05, 0) is 18.9 Å². The minimum atomic E-state index is -0.530. The molecule has 0 aromatic carbocycles. The first-order valence-corrected chi connectivity index (χ1v) is 6.65. The van der Waals surface area contributed by atoms with E-state index in [2.05, 4.69) is 21.9 Å². The summed E-state index contributed by atoms with van der Waals surface area (Å²) >= 11 is 0. The van der Waals surface area contributed by atoms with Crippen molar-refractivity contribution >= 4 is 16.9 Å². The molecule has 0 aliphatic heterocycles. The zero-order valence-electron chi connectivity index (χ0n) is 11.3. The highest BCUT2D eigenvalue weighted by molar-refractivity contribution is 5.96. The van der Waals surface area contributed by atoms with Crippen molar-refractivity contribution < 1.29 is 4.79 Å². The maximum Gasteiger partial charge on any atom is 0.330 e. The number of carbonyl (C=O) groups is 1. The van der Waals surface area contributed by atoms with Crippen molar-refractivity contribution in [2.45, 2.75) is 18.9 Å². The molecule has 21 heavy (non-hydrogen) atoms. The molecule has 1 fully saturated rings. The second kappa shape index (κ2) is 5.01. The Morgan fingerprint density at radius 2 is 2.29 bits per heavy atom. The highest BCUT2D eigenvalue weighted by Crippen LogP contribution is 2.34. The van der Waals surface area contributed by atoms with Crippen molar-refractivity contribution in [1.82, 2.24) is 19.9 Å². The van der Waals surface area contributed by atoms with E-state index in [-0.39, 0.29) is 22.9 Å². The third-order valence-electron chi connectivity index (χ3n) is 3.36. The third-order valence-corrected chi connectivity index (χ3v) is 3.36. The Labute approximate surface area is 119 Å². The molecule has 3 rings (SSSR count). The standard InChI is InChI=1S/C14H14N4O3/c1-2-5-15-12(19)8-6-10-11(16-7-8)18(9-3-4-9)14(21)17-13(10)20/h2,6-7,9H,1,3-5H2,(H,15,19)(H,17,20,21). The van der Waals surface area contributed by atoms with Crippen LogP contribution in [0.25, 0.3) is 11.0 Å². The number of H-pyrrole nitrogens is 1. The Morgan fingerprint density at radius 1 is 1.52 bits per heavy atom. The van der Waals surface area contributed by atoms with Crippen LogP contribution in [0.15, 0.2) is 34.5 Å². The van der Waals surface area contributed by atoms with E-state index < -0.39 is 11.2 Å². The van der Waals surface area contributed by atoms with Crippen LogP contribution in [-0.2, 0) is 0 Å². The minimum Gasteiger partial charge on any atom is -0.349 e. The molecule has 2 heterocycles. The zero-order chi connectivity index (χ0) is 15.0. The maximum atomic E-state index is 11.9. The van der Waals surface area contributed by atoms with Gasteiger partial charge in [-0.3, -0.25) is 19.1 Å². The van der Waals surface area contributed by atoms with Crippen molar-refractivity contribution in [3.05, 3.63) is 51.3 Å². The van der Waals surface area contributed by atoms with Crippen molar-refractivity contribution in [2.75, 3.05) is 6.54 Å². The maximum absolute atomic E-state index is 11.9. The average Bonchev–Trinajstić information content (AvgIpc) is 3.29. The van der Waals surface area contributed by atoms with Crippen molar-refractivity contribution in [2.24, 2.45) is 0 Å². The number of aromatic amines is 1. The number of pyridine rings is 1. The number of aromatic nitrogens is 3. The molecule has 0 saturated heterocycles. The fraction of sp³-hybridized carbons (Fsp3) is 0.286. The number of amides is 1. The van der Waals surface area contributed by atoms with Gasteiger partial charge in [-0.15, -0.1) is 6.58 Å². The van der Waals surface area contributed by atoms with Gasteiger partial charge < -0.3 is 5.32 Å². The summed E-state index contributed by atoms with van der Waals surface area (Å²) < 4.78 is 1.49. The largest absolute Gasteiger partial charge is 0.349 e. The normalized spacial score (nSPS) is 14.1. The summed E-state index contributed by atoms with van der Waals surface area (Å²) in [4.78, 5) is 42.1. The Hall–Kier alpha value is -2.70. The smallest absolute Gasteiger partial charge is 0.330 e. The number of nitrogens with one attached hydrogen (secondary N) is 2. The number of carbonyl (C=O) groups excluding carboxylic acids is 1. The van der Waals surface area contributed by atoms with Gasteiger partial charge in [-0.1, -0.05) is 6.08 Å². The summed E-state index contributed by atoms with van der Waals surface area (Å²) in [6.45, 7) is 3.84. The summed E-state index contributed by atoms with van der Waals surface area (Å²) in [6.07, 6.45) is 4.72. The van der Waals surface area contributed by atoms with Gasteiger partial charge in [0.1, 0.15) is 5.65 Å². The van der Waals surface area contributed by atoms with Crippen LogP contribution in [0.5, 0.6) is 0 Å². The molecule has 7 heteroatoms.